The highest BCUT2D eigenvalue weighted by atomic mass is 19.1. The Labute approximate surface area is 101 Å². The summed E-state index contributed by atoms with van der Waals surface area (Å²) < 4.78 is 18.5. The van der Waals surface area contributed by atoms with Crippen molar-refractivity contribution in [3.8, 4) is 5.75 Å². The topological polar surface area (TPSA) is 41.5 Å². The summed E-state index contributed by atoms with van der Waals surface area (Å²) in [5, 5.41) is 12.5. The molecule has 0 bridgehead atoms. The van der Waals surface area contributed by atoms with Crippen LogP contribution in [0.3, 0.4) is 0 Å². The highest BCUT2D eigenvalue weighted by Gasteiger charge is 2.20. The van der Waals surface area contributed by atoms with Gasteiger partial charge in [-0.05, 0) is 24.8 Å². The van der Waals surface area contributed by atoms with Crippen LogP contribution in [0.4, 0.5) is 4.39 Å². The molecule has 0 saturated heterocycles. The van der Waals surface area contributed by atoms with Gasteiger partial charge in [0, 0.05) is 25.3 Å². The van der Waals surface area contributed by atoms with Crippen molar-refractivity contribution in [2.24, 2.45) is 5.92 Å². The molecule has 1 fully saturated rings. The van der Waals surface area contributed by atoms with Crippen molar-refractivity contribution in [3.63, 3.8) is 0 Å². The molecule has 1 saturated carbocycles. The average Bonchev–Trinajstić information content (AvgIpc) is 3.12. The number of aromatic hydroxyl groups is 1. The van der Waals surface area contributed by atoms with Crippen molar-refractivity contribution in [2.45, 2.75) is 19.4 Å². The van der Waals surface area contributed by atoms with Crippen molar-refractivity contribution in [1.82, 2.24) is 5.32 Å². The molecule has 17 heavy (non-hydrogen) atoms. The molecule has 3 nitrogen and oxygen atoms in total. The zero-order chi connectivity index (χ0) is 12.1. The van der Waals surface area contributed by atoms with Crippen LogP contribution in [0.2, 0.25) is 0 Å². The van der Waals surface area contributed by atoms with E-state index in [2.05, 4.69) is 5.32 Å². The zero-order valence-corrected chi connectivity index (χ0v) is 9.79. The maximum absolute atomic E-state index is 13.0. The average molecular weight is 239 g/mol. The van der Waals surface area contributed by atoms with E-state index in [4.69, 9.17) is 4.74 Å². The van der Waals surface area contributed by atoms with Crippen LogP contribution in [-0.2, 0) is 11.3 Å². The summed E-state index contributed by atoms with van der Waals surface area (Å²) >= 11 is 0. The van der Waals surface area contributed by atoms with E-state index in [1.165, 1.54) is 18.9 Å². The molecule has 1 aliphatic carbocycles. The van der Waals surface area contributed by atoms with Gasteiger partial charge in [0.05, 0.1) is 6.61 Å². The molecule has 1 aromatic carbocycles. The monoisotopic (exact) mass is 239 g/mol. The Morgan fingerprint density at radius 3 is 3.00 bits per heavy atom. The van der Waals surface area contributed by atoms with Crippen LogP contribution in [0.25, 0.3) is 0 Å². The third-order valence-electron chi connectivity index (χ3n) is 2.86. The second kappa shape index (κ2) is 5.98. The first-order valence-electron chi connectivity index (χ1n) is 6.02. The Kier molecular flexibility index (Phi) is 4.34. The predicted octanol–water partition coefficient (Wildman–Crippen LogP) is 2.05. The van der Waals surface area contributed by atoms with Crippen LogP contribution in [0.5, 0.6) is 5.75 Å². The first kappa shape index (κ1) is 12.3. The van der Waals surface area contributed by atoms with Crippen LogP contribution >= 0.6 is 0 Å². The maximum atomic E-state index is 13.0. The van der Waals surface area contributed by atoms with Crippen LogP contribution in [0.15, 0.2) is 18.2 Å². The molecule has 4 heteroatoms. The smallest absolute Gasteiger partial charge is 0.165 e. The molecule has 0 spiro atoms. The number of benzene rings is 1. The second-order valence-corrected chi connectivity index (χ2v) is 4.44. The fourth-order valence-corrected chi connectivity index (χ4v) is 1.60. The Hall–Kier alpha value is -1.13. The summed E-state index contributed by atoms with van der Waals surface area (Å²) in [6.07, 6.45) is 2.59. The quantitative estimate of drug-likeness (QED) is 0.715. The molecule has 94 valence electrons. The van der Waals surface area contributed by atoms with Crippen molar-refractivity contribution in [1.29, 1.82) is 0 Å². The summed E-state index contributed by atoms with van der Waals surface area (Å²) in [4.78, 5) is 0. The first-order valence-corrected chi connectivity index (χ1v) is 6.02. The van der Waals surface area contributed by atoms with E-state index in [0.717, 1.165) is 12.5 Å². The van der Waals surface area contributed by atoms with Crippen molar-refractivity contribution in [2.75, 3.05) is 19.8 Å². The Morgan fingerprint density at radius 1 is 1.41 bits per heavy atom. The molecule has 2 N–H and O–H groups in total. The molecule has 0 amide bonds. The molecular weight excluding hydrogens is 221 g/mol. The van der Waals surface area contributed by atoms with Gasteiger partial charge in [-0.25, -0.2) is 4.39 Å². The van der Waals surface area contributed by atoms with Crippen molar-refractivity contribution >= 4 is 0 Å². The van der Waals surface area contributed by atoms with Crippen molar-refractivity contribution in [3.05, 3.63) is 29.6 Å². The van der Waals surface area contributed by atoms with Gasteiger partial charge in [-0.1, -0.05) is 12.1 Å². The number of halogens is 1. The Balaban J connectivity index is 1.61. The van der Waals surface area contributed by atoms with Gasteiger partial charge in [0.25, 0.3) is 0 Å². The number of ether oxygens (including phenoxy) is 1. The van der Waals surface area contributed by atoms with Crippen LogP contribution in [0, 0.1) is 11.7 Å². The zero-order valence-electron chi connectivity index (χ0n) is 9.79. The lowest BCUT2D eigenvalue weighted by atomic mass is 10.2. The number of para-hydroxylation sites is 1. The lowest BCUT2D eigenvalue weighted by Gasteiger charge is -2.07. The number of phenols is 1. The maximum Gasteiger partial charge on any atom is 0.165 e. The molecule has 1 aromatic rings. The highest BCUT2D eigenvalue weighted by Crippen LogP contribution is 2.28. The Bertz CT molecular complexity index is 366. The number of rotatable bonds is 7. The van der Waals surface area contributed by atoms with Gasteiger partial charge < -0.3 is 15.2 Å². The molecule has 0 heterocycles. The minimum atomic E-state index is -0.575. The van der Waals surface area contributed by atoms with E-state index < -0.39 is 5.82 Å². The standard InChI is InChI=1S/C13H18FNO2/c14-12-3-1-2-11(13(12)16)8-15-6-7-17-9-10-4-5-10/h1-3,10,15-16H,4-9H2. The molecule has 0 aliphatic heterocycles. The number of hydrogen-bond acceptors (Lipinski definition) is 3. The van der Waals surface area contributed by atoms with Gasteiger partial charge in [0.15, 0.2) is 11.6 Å². The number of hydrogen-bond donors (Lipinski definition) is 2. The summed E-state index contributed by atoms with van der Waals surface area (Å²) in [5.41, 5.74) is 0.576. The summed E-state index contributed by atoms with van der Waals surface area (Å²) in [5.74, 6) is -0.0598. The minimum absolute atomic E-state index is 0.265. The second-order valence-electron chi connectivity index (χ2n) is 4.44. The SMILES string of the molecule is Oc1c(F)cccc1CNCCOCC1CC1. The van der Waals surface area contributed by atoms with Gasteiger partial charge in [0.2, 0.25) is 0 Å². The van der Waals surface area contributed by atoms with Gasteiger partial charge in [-0.2, -0.15) is 0 Å². The van der Waals surface area contributed by atoms with E-state index in [0.29, 0.717) is 25.3 Å². The number of phenolic OH excluding ortho intramolecular Hbond substituents is 1. The molecule has 2 rings (SSSR count). The molecule has 1 aliphatic rings. The minimum Gasteiger partial charge on any atom is -0.505 e. The van der Waals surface area contributed by atoms with Gasteiger partial charge in [-0.15, -0.1) is 0 Å². The lowest BCUT2D eigenvalue weighted by Crippen LogP contribution is -2.19. The number of nitrogens with one attached hydrogen (secondary N) is 1. The first-order chi connectivity index (χ1) is 8.27. The van der Waals surface area contributed by atoms with E-state index in [9.17, 15) is 9.50 Å². The summed E-state index contributed by atoms with van der Waals surface area (Å²) in [7, 11) is 0. The molecule has 0 radical (unpaired) electrons. The van der Waals surface area contributed by atoms with Gasteiger partial charge in [-0.3, -0.25) is 0 Å². The fourth-order valence-electron chi connectivity index (χ4n) is 1.60. The largest absolute Gasteiger partial charge is 0.505 e. The van der Waals surface area contributed by atoms with E-state index in [-0.39, 0.29) is 5.75 Å². The van der Waals surface area contributed by atoms with Crippen LogP contribution in [-0.4, -0.2) is 24.9 Å². The lowest BCUT2D eigenvalue weighted by molar-refractivity contribution is 0.126. The molecular formula is C13H18FNO2. The molecule has 0 atom stereocenters. The van der Waals surface area contributed by atoms with Crippen molar-refractivity contribution < 1.29 is 14.2 Å². The summed E-state index contributed by atoms with van der Waals surface area (Å²) in [6, 6.07) is 4.55. The highest BCUT2D eigenvalue weighted by molar-refractivity contribution is 5.33. The fraction of sp³-hybridized carbons (Fsp3) is 0.538. The van der Waals surface area contributed by atoms with Crippen LogP contribution in [0.1, 0.15) is 18.4 Å². The molecule has 0 aromatic heterocycles. The predicted molar refractivity (Wildman–Crippen MR) is 63.3 cm³/mol. The van der Waals surface area contributed by atoms with Gasteiger partial charge in [0.1, 0.15) is 0 Å². The third kappa shape index (κ3) is 3.98. The van der Waals surface area contributed by atoms with E-state index in [1.54, 1.807) is 12.1 Å². The van der Waals surface area contributed by atoms with Gasteiger partial charge >= 0.3 is 0 Å². The van der Waals surface area contributed by atoms with E-state index in [1.807, 2.05) is 0 Å². The Morgan fingerprint density at radius 2 is 2.24 bits per heavy atom. The van der Waals surface area contributed by atoms with Crippen LogP contribution < -0.4 is 5.32 Å². The molecule has 0 unspecified atom stereocenters. The normalized spacial score (nSPS) is 15.1. The van der Waals surface area contributed by atoms with E-state index >= 15 is 0 Å². The summed E-state index contributed by atoms with van der Waals surface area (Å²) in [6.45, 7) is 2.68. The third-order valence-corrected chi connectivity index (χ3v) is 2.86.